The Bertz CT molecular complexity index is 628. The van der Waals surface area contributed by atoms with E-state index in [1.807, 2.05) is 13.8 Å². The Labute approximate surface area is 116 Å². The first-order valence-electron chi connectivity index (χ1n) is 6.44. The highest BCUT2D eigenvalue weighted by atomic mass is 16.6. The van der Waals surface area contributed by atoms with Crippen LogP contribution in [0.4, 0.5) is 11.4 Å². The molecule has 2 rings (SSSR count). The molecule has 0 spiro atoms. The molecule has 0 aliphatic heterocycles. The number of rotatable bonds is 5. The average molecular weight is 275 g/mol. The Morgan fingerprint density at radius 1 is 1.40 bits per heavy atom. The Morgan fingerprint density at radius 2 is 2.15 bits per heavy atom. The standard InChI is InChI=1S/C14H17N3O3/c1-9(2)13(8-18)16-12-6-5-11-10(4-3-7-15-11)14(12)17(19)20/h3-7,9,13,16,18H,8H2,1-2H3. The molecule has 1 heterocycles. The lowest BCUT2D eigenvalue weighted by Gasteiger charge is -2.21. The highest BCUT2D eigenvalue weighted by Gasteiger charge is 2.22. The molecule has 6 heteroatoms. The smallest absolute Gasteiger partial charge is 0.301 e. The first kappa shape index (κ1) is 14.2. The van der Waals surface area contributed by atoms with Crippen molar-refractivity contribution in [2.45, 2.75) is 19.9 Å². The molecule has 0 bridgehead atoms. The number of nitro groups is 1. The van der Waals surface area contributed by atoms with Gasteiger partial charge < -0.3 is 10.4 Å². The van der Waals surface area contributed by atoms with Gasteiger partial charge in [-0.2, -0.15) is 0 Å². The van der Waals surface area contributed by atoms with Crippen LogP contribution in [0.2, 0.25) is 0 Å². The second kappa shape index (κ2) is 5.83. The van der Waals surface area contributed by atoms with Gasteiger partial charge in [0.25, 0.3) is 0 Å². The summed E-state index contributed by atoms with van der Waals surface area (Å²) >= 11 is 0. The molecule has 1 unspecified atom stereocenters. The predicted octanol–water partition coefficient (Wildman–Crippen LogP) is 2.57. The van der Waals surface area contributed by atoms with Crippen molar-refractivity contribution < 1.29 is 10.0 Å². The zero-order chi connectivity index (χ0) is 14.7. The summed E-state index contributed by atoms with van der Waals surface area (Å²) < 4.78 is 0. The van der Waals surface area contributed by atoms with Crippen LogP contribution in [0.5, 0.6) is 0 Å². The summed E-state index contributed by atoms with van der Waals surface area (Å²) in [6, 6.07) is 6.49. The minimum absolute atomic E-state index is 0.00491. The fourth-order valence-corrected chi connectivity index (χ4v) is 2.07. The van der Waals surface area contributed by atoms with E-state index in [0.717, 1.165) is 0 Å². The van der Waals surface area contributed by atoms with Gasteiger partial charge in [-0.3, -0.25) is 15.1 Å². The maximum atomic E-state index is 11.4. The molecule has 2 N–H and O–H groups in total. The predicted molar refractivity (Wildman–Crippen MR) is 77.7 cm³/mol. The van der Waals surface area contributed by atoms with Gasteiger partial charge in [-0.15, -0.1) is 0 Å². The van der Waals surface area contributed by atoms with Crippen LogP contribution in [0.25, 0.3) is 10.9 Å². The van der Waals surface area contributed by atoms with Crippen LogP contribution in [0.1, 0.15) is 13.8 Å². The third kappa shape index (κ3) is 2.70. The molecule has 20 heavy (non-hydrogen) atoms. The van der Waals surface area contributed by atoms with Crippen molar-refractivity contribution in [2.75, 3.05) is 11.9 Å². The normalized spacial score (nSPS) is 12.6. The first-order valence-corrected chi connectivity index (χ1v) is 6.44. The van der Waals surface area contributed by atoms with Gasteiger partial charge in [-0.25, -0.2) is 0 Å². The van der Waals surface area contributed by atoms with Gasteiger partial charge in [0.2, 0.25) is 0 Å². The summed E-state index contributed by atoms with van der Waals surface area (Å²) in [4.78, 5) is 15.1. The van der Waals surface area contributed by atoms with Crippen LogP contribution in [0.15, 0.2) is 30.5 Å². The molecule has 0 aliphatic carbocycles. The SMILES string of the molecule is CC(C)C(CO)Nc1ccc2ncccc2c1[N+](=O)[O-]. The van der Waals surface area contributed by atoms with E-state index in [1.54, 1.807) is 30.5 Å². The van der Waals surface area contributed by atoms with Crippen molar-refractivity contribution in [3.63, 3.8) is 0 Å². The number of hydrogen-bond donors (Lipinski definition) is 2. The Kier molecular flexibility index (Phi) is 4.14. The van der Waals surface area contributed by atoms with Gasteiger partial charge >= 0.3 is 5.69 Å². The van der Waals surface area contributed by atoms with Gasteiger partial charge in [0, 0.05) is 6.20 Å². The summed E-state index contributed by atoms with van der Waals surface area (Å²) in [5.41, 5.74) is 0.979. The van der Waals surface area contributed by atoms with Crippen LogP contribution < -0.4 is 5.32 Å². The van der Waals surface area contributed by atoms with Crippen LogP contribution in [0.3, 0.4) is 0 Å². The summed E-state index contributed by atoms with van der Waals surface area (Å²) in [5, 5.41) is 24.2. The summed E-state index contributed by atoms with van der Waals surface area (Å²) in [6.45, 7) is 3.81. The number of benzene rings is 1. The second-order valence-corrected chi connectivity index (χ2v) is 4.97. The van der Waals surface area contributed by atoms with E-state index in [2.05, 4.69) is 10.3 Å². The monoisotopic (exact) mass is 275 g/mol. The number of pyridine rings is 1. The van der Waals surface area contributed by atoms with Gasteiger partial charge in [-0.1, -0.05) is 13.8 Å². The van der Waals surface area contributed by atoms with Gasteiger partial charge in [-0.05, 0) is 30.2 Å². The quantitative estimate of drug-likeness (QED) is 0.646. The van der Waals surface area contributed by atoms with Crippen molar-refractivity contribution in [3.05, 3.63) is 40.6 Å². The molecule has 1 atom stereocenters. The third-order valence-corrected chi connectivity index (χ3v) is 3.28. The number of nitro benzene ring substituents is 1. The number of aliphatic hydroxyl groups is 1. The van der Waals surface area contributed by atoms with E-state index in [1.165, 1.54) is 0 Å². The number of nitrogens with one attached hydrogen (secondary N) is 1. The largest absolute Gasteiger partial charge is 0.394 e. The third-order valence-electron chi connectivity index (χ3n) is 3.28. The molecule has 0 saturated heterocycles. The van der Waals surface area contributed by atoms with E-state index in [4.69, 9.17) is 0 Å². The maximum Gasteiger partial charge on any atom is 0.301 e. The lowest BCUT2D eigenvalue weighted by atomic mass is 10.0. The van der Waals surface area contributed by atoms with Crippen molar-refractivity contribution in [1.29, 1.82) is 0 Å². The Hall–Kier alpha value is -2.21. The van der Waals surface area contributed by atoms with Crippen LogP contribution >= 0.6 is 0 Å². The zero-order valence-corrected chi connectivity index (χ0v) is 11.4. The average Bonchev–Trinajstić information content (AvgIpc) is 2.43. The Balaban J connectivity index is 2.53. The van der Waals surface area contributed by atoms with E-state index in [-0.39, 0.29) is 24.3 Å². The zero-order valence-electron chi connectivity index (χ0n) is 11.4. The molecule has 2 aromatic rings. The highest BCUT2D eigenvalue weighted by molar-refractivity contribution is 5.94. The van der Waals surface area contributed by atoms with Crippen LogP contribution in [0, 0.1) is 16.0 Å². The molecule has 0 amide bonds. The van der Waals surface area contributed by atoms with Crippen molar-refractivity contribution in [3.8, 4) is 0 Å². The van der Waals surface area contributed by atoms with E-state index < -0.39 is 4.92 Å². The van der Waals surface area contributed by atoms with Crippen LogP contribution in [-0.2, 0) is 0 Å². The fraction of sp³-hybridized carbons (Fsp3) is 0.357. The van der Waals surface area contributed by atoms with Crippen molar-refractivity contribution in [1.82, 2.24) is 4.98 Å². The van der Waals surface area contributed by atoms with Crippen molar-refractivity contribution >= 4 is 22.3 Å². The molecule has 0 saturated carbocycles. The summed E-state index contributed by atoms with van der Waals surface area (Å²) in [5.74, 6) is 0.157. The molecule has 106 valence electrons. The van der Waals surface area contributed by atoms with Crippen molar-refractivity contribution in [2.24, 2.45) is 5.92 Å². The maximum absolute atomic E-state index is 11.4. The highest BCUT2D eigenvalue weighted by Crippen LogP contribution is 2.33. The lowest BCUT2D eigenvalue weighted by molar-refractivity contribution is -0.382. The minimum Gasteiger partial charge on any atom is -0.394 e. The number of hydrogen-bond acceptors (Lipinski definition) is 5. The van der Waals surface area contributed by atoms with Gasteiger partial charge in [0.05, 0.1) is 28.5 Å². The Morgan fingerprint density at radius 3 is 2.75 bits per heavy atom. The van der Waals surface area contributed by atoms with Gasteiger partial charge in [0.1, 0.15) is 5.69 Å². The number of aromatic nitrogens is 1. The molecule has 0 fully saturated rings. The molecule has 6 nitrogen and oxygen atoms in total. The molecule has 1 aromatic carbocycles. The number of fused-ring (bicyclic) bond motifs is 1. The summed E-state index contributed by atoms with van der Waals surface area (Å²) in [7, 11) is 0. The number of nitrogens with zero attached hydrogens (tertiary/aromatic N) is 2. The second-order valence-electron chi connectivity index (χ2n) is 4.97. The van der Waals surface area contributed by atoms with E-state index >= 15 is 0 Å². The topological polar surface area (TPSA) is 88.3 Å². The molecule has 0 radical (unpaired) electrons. The molecular formula is C14H17N3O3. The molecule has 1 aromatic heterocycles. The number of aliphatic hydroxyl groups excluding tert-OH is 1. The van der Waals surface area contributed by atoms with Gasteiger partial charge in [0.15, 0.2) is 0 Å². The minimum atomic E-state index is -0.416. The van der Waals surface area contributed by atoms with Crippen LogP contribution in [-0.4, -0.2) is 27.7 Å². The van der Waals surface area contributed by atoms with E-state index in [9.17, 15) is 15.2 Å². The molecular weight excluding hydrogens is 258 g/mol. The number of anilines is 1. The first-order chi connectivity index (χ1) is 9.54. The summed E-state index contributed by atoms with van der Waals surface area (Å²) in [6.07, 6.45) is 1.60. The van der Waals surface area contributed by atoms with E-state index in [0.29, 0.717) is 16.6 Å². The fourth-order valence-electron chi connectivity index (χ4n) is 2.07. The molecule has 0 aliphatic rings. The lowest BCUT2D eigenvalue weighted by Crippen LogP contribution is -2.29.